The van der Waals surface area contributed by atoms with E-state index in [-0.39, 0.29) is 11.6 Å². The minimum absolute atomic E-state index is 0.148. The molecular formula is C23H36N6O. The summed E-state index contributed by atoms with van der Waals surface area (Å²) in [6.45, 7) is 0. The van der Waals surface area contributed by atoms with Crippen molar-refractivity contribution in [2.45, 2.75) is 107 Å². The Morgan fingerprint density at radius 3 is 1.67 bits per heavy atom. The zero-order chi connectivity index (χ0) is 20.1. The van der Waals surface area contributed by atoms with Gasteiger partial charge in [0.1, 0.15) is 0 Å². The van der Waals surface area contributed by atoms with Gasteiger partial charge in [-0.2, -0.15) is 15.0 Å². The molecule has 6 saturated carbocycles. The van der Waals surface area contributed by atoms with E-state index in [1.54, 1.807) is 0 Å². The predicted molar refractivity (Wildman–Crippen MR) is 117 cm³/mol. The molecule has 0 amide bonds. The highest BCUT2D eigenvalue weighted by atomic mass is 16.3. The lowest BCUT2D eigenvalue weighted by Gasteiger charge is -2.56. The molecule has 1 aromatic heterocycles. The van der Waals surface area contributed by atoms with Crippen LogP contribution < -0.4 is 16.0 Å². The fourth-order valence-electron chi connectivity index (χ4n) is 7.20. The molecular weight excluding hydrogens is 376 g/mol. The van der Waals surface area contributed by atoms with Gasteiger partial charge in [-0.05, 0) is 101 Å². The molecule has 6 fully saturated rings. The van der Waals surface area contributed by atoms with E-state index in [4.69, 9.17) is 15.0 Å². The Morgan fingerprint density at radius 2 is 1.17 bits per heavy atom. The molecule has 7 rings (SSSR count). The Hall–Kier alpha value is -1.63. The van der Waals surface area contributed by atoms with E-state index >= 15 is 0 Å². The molecule has 6 aliphatic rings. The van der Waals surface area contributed by atoms with E-state index in [0.717, 1.165) is 49.4 Å². The van der Waals surface area contributed by atoms with E-state index in [1.165, 1.54) is 57.8 Å². The molecule has 0 unspecified atom stereocenters. The number of aromatic nitrogens is 3. The van der Waals surface area contributed by atoms with Crippen molar-refractivity contribution in [3.8, 4) is 0 Å². The lowest BCUT2D eigenvalue weighted by molar-refractivity contribution is 0.0103. The van der Waals surface area contributed by atoms with Crippen LogP contribution in [-0.4, -0.2) is 43.8 Å². The monoisotopic (exact) mass is 412 g/mol. The molecule has 30 heavy (non-hydrogen) atoms. The molecule has 1 heterocycles. The summed E-state index contributed by atoms with van der Waals surface area (Å²) in [4.78, 5) is 14.4. The highest BCUT2D eigenvalue weighted by molar-refractivity contribution is 5.45. The number of nitrogens with one attached hydrogen (secondary N) is 3. The number of hydrogen-bond acceptors (Lipinski definition) is 7. The second-order valence-corrected chi connectivity index (χ2v) is 11.1. The van der Waals surface area contributed by atoms with E-state index < -0.39 is 0 Å². The second-order valence-electron chi connectivity index (χ2n) is 11.1. The summed E-state index contributed by atoms with van der Waals surface area (Å²) in [5.41, 5.74) is 0.191. The molecule has 7 nitrogen and oxygen atoms in total. The van der Waals surface area contributed by atoms with Crippen LogP contribution in [-0.2, 0) is 0 Å². The molecule has 0 atom stereocenters. The molecule has 0 aliphatic heterocycles. The first kappa shape index (κ1) is 19.1. The van der Waals surface area contributed by atoms with Crippen molar-refractivity contribution in [1.82, 2.24) is 15.0 Å². The predicted octanol–water partition coefficient (Wildman–Crippen LogP) is 3.93. The maximum Gasteiger partial charge on any atom is 0.229 e. The Bertz CT molecular complexity index is 738. The smallest absolute Gasteiger partial charge is 0.229 e. The number of rotatable bonds is 6. The third-order valence-corrected chi connectivity index (χ3v) is 8.52. The molecule has 4 bridgehead atoms. The van der Waals surface area contributed by atoms with Crippen molar-refractivity contribution in [2.75, 3.05) is 16.0 Å². The molecule has 0 radical (unpaired) electrons. The van der Waals surface area contributed by atoms with Crippen LogP contribution >= 0.6 is 0 Å². The first-order valence-electron chi connectivity index (χ1n) is 12.4. The highest BCUT2D eigenvalue weighted by Crippen LogP contribution is 2.56. The largest absolute Gasteiger partial charge is 0.393 e. The van der Waals surface area contributed by atoms with Gasteiger partial charge < -0.3 is 21.1 Å². The van der Waals surface area contributed by atoms with Crippen LogP contribution in [0.1, 0.15) is 83.5 Å². The standard InChI is InChI=1S/C23H36N6O/c30-19-6-4-18(5-7-19)25-21-26-20(24-17-2-1-3-17)27-22(28-21)29-23-11-14-8-15(12-23)10-16(9-14)13-23/h14-19,30H,1-13H2,(H3,24,25,26,27,28,29). The van der Waals surface area contributed by atoms with Crippen molar-refractivity contribution >= 4 is 17.8 Å². The molecule has 1 aromatic rings. The summed E-state index contributed by atoms with van der Waals surface area (Å²) in [5, 5.41) is 20.7. The Kier molecular flexibility index (Phi) is 4.77. The fourth-order valence-corrected chi connectivity index (χ4v) is 7.20. The van der Waals surface area contributed by atoms with Gasteiger partial charge in [0.2, 0.25) is 17.8 Å². The number of nitrogens with zero attached hydrogens (tertiary/aromatic N) is 3. The Labute approximate surface area is 179 Å². The van der Waals surface area contributed by atoms with Crippen molar-refractivity contribution in [3.63, 3.8) is 0 Å². The minimum Gasteiger partial charge on any atom is -0.393 e. The third kappa shape index (κ3) is 3.85. The van der Waals surface area contributed by atoms with Gasteiger partial charge in [0.25, 0.3) is 0 Å². The van der Waals surface area contributed by atoms with E-state index in [9.17, 15) is 5.11 Å². The highest BCUT2D eigenvalue weighted by Gasteiger charge is 2.51. The summed E-state index contributed by atoms with van der Waals surface area (Å²) in [6.07, 6.45) is 15.3. The van der Waals surface area contributed by atoms with Gasteiger partial charge in [0, 0.05) is 17.6 Å². The number of anilines is 3. The first-order valence-corrected chi connectivity index (χ1v) is 12.4. The molecule has 6 aliphatic carbocycles. The lowest BCUT2D eigenvalue weighted by atomic mass is 9.53. The zero-order valence-electron chi connectivity index (χ0n) is 17.9. The second kappa shape index (κ2) is 7.50. The van der Waals surface area contributed by atoms with Crippen LogP contribution in [0.3, 0.4) is 0 Å². The van der Waals surface area contributed by atoms with Gasteiger partial charge in [-0.25, -0.2) is 0 Å². The average Bonchev–Trinajstić information content (AvgIpc) is 2.65. The van der Waals surface area contributed by atoms with Gasteiger partial charge in [-0.15, -0.1) is 0 Å². The topological polar surface area (TPSA) is 95.0 Å². The number of aliphatic hydroxyl groups excluding tert-OH is 1. The molecule has 164 valence electrons. The van der Waals surface area contributed by atoms with Crippen molar-refractivity contribution in [1.29, 1.82) is 0 Å². The van der Waals surface area contributed by atoms with Gasteiger partial charge in [0.15, 0.2) is 0 Å². The van der Waals surface area contributed by atoms with Crippen LogP contribution in [0.15, 0.2) is 0 Å². The van der Waals surface area contributed by atoms with Crippen LogP contribution in [0.25, 0.3) is 0 Å². The quantitative estimate of drug-likeness (QED) is 0.562. The molecule has 0 saturated heterocycles. The molecule has 4 N–H and O–H groups in total. The van der Waals surface area contributed by atoms with Crippen LogP contribution in [0.5, 0.6) is 0 Å². The Morgan fingerprint density at radius 1 is 0.667 bits per heavy atom. The van der Waals surface area contributed by atoms with E-state index in [1.807, 2.05) is 0 Å². The van der Waals surface area contributed by atoms with Crippen LogP contribution in [0.4, 0.5) is 17.8 Å². The molecule has 0 spiro atoms. The maximum absolute atomic E-state index is 9.81. The number of hydrogen-bond donors (Lipinski definition) is 4. The van der Waals surface area contributed by atoms with Gasteiger partial charge in [0.05, 0.1) is 6.10 Å². The van der Waals surface area contributed by atoms with Crippen LogP contribution in [0.2, 0.25) is 0 Å². The summed E-state index contributed by atoms with van der Waals surface area (Å²) < 4.78 is 0. The van der Waals surface area contributed by atoms with Gasteiger partial charge in [-0.3, -0.25) is 0 Å². The van der Waals surface area contributed by atoms with Crippen molar-refractivity contribution in [3.05, 3.63) is 0 Å². The summed E-state index contributed by atoms with van der Waals surface area (Å²) >= 11 is 0. The van der Waals surface area contributed by atoms with Gasteiger partial charge >= 0.3 is 0 Å². The summed E-state index contributed by atoms with van der Waals surface area (Å²) in [7, 11) is 0. The molecule has 0 aromatic carbocycles. The normalized spacial score (nSPS) is 40.1. The van der Waals surface area contributed by atoms with E-state index in [0.29, 0.717) is 24.0 Å². The number of aliphatic hydroxyl groups is 1. The summed E-state index contributed by atoms with van der Waals surface area (Å²) in [5.74, 6) is 4.81. The van der Waals surface area contributed by atoms with E-state index in [2.05, 4.69) is 16.0 Å². The zero-order valence-corrected chi connectivity index (χ0v) is 17.9. The van der Waals surface area contributed by atoms with Crippen LogP contribution in [0, 0.1) is 17.8 Å². The SMILES string of the molecule is OC1CCC(Nc2nc(NC3CCC3)nc(NC34CC5CC(CC(C5)C3)C4)n2)CC1. The van der Waals surface area contributed by atoms with Crippen molar-refractivity contribution in [2.24, 2.45) is 17.8 Å². The van der Waals surface area contributed by atoms with Gasteiger partial charge in [-0.1, -0.05) is 0 Å². The van der Waals surface area contributed by atoms with Crippen molar-refractivity contribution < 1.29 is 5.11 Å². The average molecular weight is 413 g/mol. The maximum atomic E-state index is 9.81. The summed E-state index contributed by atoms with van der Waals surface area (Å²) in [6, 6.07) is 0.831. The molecule has 7 heteroatoms. The lowest BCUT2D eigenvalue weighted by Crippen LogP contribution is -2.55. The Balaban J connectivity index is 1.22. The minimum atomic E-state index is -0.148. The third-order valence-electron chi connectivity index (χ3n) is 8.52. The first-order chi connectivity index (χ1) is 14.6. The fraction of sp³-hybridized carbons (Fsp3) is 0.870.